The maximum absolute atomic E-state index is 12.3. The van der Waals surface area contributed by atoms with Gasteiger partial charge in [0.15, 0.2) is 11.7 Å². The molecule has 0 N–H and O–H groups in total. The Morgan fingerprint density at radius 2 is 2.05 bits per heavy atom. The van der Waals surface area contributed by atoms with Crippen molar-refractivity contribution in [1.82, 2.24) is 4.98 Å². The van der Waals surface area contributed by atoms with E-state index in [2.05, 4.69) is 17.1 Å². The minimum Gasteiger partial charge on any atom is -0.297 e. The smallest absolute Gasteiger partial charge is 0.160 e. The van der Waals surface area contributed by atoms with Gasteiger partial charge in [-0.15, -0.1) is 11.3 Å². The minimum absolute atomic E-state index is 0.00396. The van der Waals surface area contributed by atoms with Gasteiger partial charge in [0.25, 0.3) is 0 Å². The molecule has 3 rings (SSSR count). The summed E-state index contributed by atoms with van der Waals surface area (Å²) in [4.78, 5) is 16.7. The molecule has 108 valence electrons. The molecule has 1 aromatic heterocycles. The largest absolute Gasteiger partial charge is 0.297 e. The molecule has 1 fully saturated rings. The lowest BCUT2D eigenvalue weighted by atomic mass is 10.0. The van der Waals surface area contributed by atoms with Gasteiger partial charge in [-0.05, 0) is 24.5 Å². The monoisotopic (exact) mass is 307 g/mol. The summed E-state index contributed by atoms with van der Waals surface area (Å²) in [5, 5.41) is 20.5. The van der Waals surface area contributed by atoms with Gasteiger partial charge >= 0.3 is 0 Å². The van der Waals surface area contributed by atoms with Crippen LogP contribution < -0.4 is 0 Å². The van der Waals surface area contributed by atoms with Crippen molar-refractivity contribution in [3.63, 3.8) is 0 Å². The van der Waals surface area contributed by atoms with Gasteiger partial charge in [-0.25, -0.2) is 4.98 Å². The molecule has 0 radical (unpaired) electrons. The topological polar surface area (TPSA) is 77.5 Å². The Morgan fingerprint density at radius 3 is 2.59 bits per heavy atom. The van der Waals surface area contributed by atoms with Gasteiger partial charge in [-0.1, -0.05) is 19.1 Å². The number of hydrogen-bond donors (Lipinski definition) is 0. The van der Waals surface area contributed by atoms with E-state index in [4.69, 9.17) is 5.26 Å². The summed E-state index contributed by atoms with van der Waals surface area (Å²) in [5.41, 5.74) is 2.21. The molecule has 2 aromatic rings. The van der Waals surface area contributed by atoms with Crippen molar-refractivity contribution in [1.29, 1.82) is 10.5 Å². The van der Waals surface area contributed by atoms with Crippen LogP contribution in [0.1, 0.15) is 29.8 Å². The van der Waals surface area contributed by atoms with E-state index in [-0.39, 0.29) is 11.7 Å². The number of carbonyl (C=O) groups is 1. The molecule has 22 heavy (non-hydrogen) atoms. The zero-order valence-electron chi connectivity index (χ0n) is 12.0. The number of benzene rings is 1. The Morgan fingerprint density at radius 1 is 1.36 bits per heavy atom. The van der Waals surface area contributed by atoms with E-state index in [9.17, 15) is 10.1 Å². The average molecular weight is 307 g/mol. The van der Waals surface area contributed by atoms with Crippen LogP contribution in [-0.2, 0) is 4.79 Å². The maximum atomic E-state index is 12.3. The molecule has 1 aliphatic carbocycles. The Balaban J connectivity index is 1.84. The second-order valence-corrected chi connectivity index (χ2v) is 6.43. The lowest BCUT2D eigenvalue weighted by Crippen LogP contribution is -2.13. The fourth-order valence-corrected chi connectivity index (χ4v) is 3.32. The number of Topliss-reactive ketones (excluding diaryl/α,β-unsaturated/α-hetero) is 1. The summed E-state index contributed by atoms with van der Waals surface area (Å²) in [6.07, 6.45) is 0.880. The SMILES string of the molecule is C[C@@H]1C[C@@H]1C(=O)[C@H](C#N)c1nc(-c2ccc(C#N)cc2)cs1. The highest BCUT2D eigenvalue weighted by Crippen LogP contribution is 2.42. The molecule has 0 unspecified atom stereocenters. The summed E-state index contributed by atoms with van der Waals surface area (Å²) in [6.45, 7) is 2.03. The zero-order valence-corrected chi connectivity index (χ0v) is 12.8. The summed E-state index contributed by atoms with van der Waals surface area (Å²) < 4.78 is 0. The van der Waals surface area contributed by atoms with Gasteiger partial charge in [-0.2, -0.15) is 10.5 Å². The molecule has 0 aliphatic heterocycles. The van der Waals surface area contributed by atoms with E-state index < -0.39 is 5.92 Å². The molecule has 1 aliphatic rings. The quantitative estimate of drug-likeness (QED) is 0.866. The first kappa shape index (κ1) is 14.4. The molecule has 0 spiro atoms. The van der Waals surface area contributed by atoms with Gasteiger partial charge < -0.3 is 0 Å². The number of ketones is 1. The fraction of sp³-hybridized carbons (Fsp3) is 0.294. The van der Waals surface area contributed by atoms with Gasteiger partial charge in [-0.3, -0.25) is 4.79 Å². The lowest BCUT2D eigenvalue weighted by Gasteiger charge is -2.03. The lowest BCUT2D eigenvalue weighted by molar-refractivity contribution is -0.120. The second-order valence-electron chi connectivity index (χ2n) is 5.54. The third-order valence-corrected chi connectivity index (χ3v) is 4.88. The van der Waals surface area contributed by atoms with Crippen LogP contribution >= 0.6 is 11.3 Å². The first-order valence-corrected chi connectivity index (χ1v) is 7.91. The van der Waals surface area contributed by atoms with E-state index in [1.165, 1.54) is 11.3 Å². The van der Waals surface area contributed by atoms with Crippen LogP contribution in [0.3, 0.4) is 0 Å². The van der Waals surface area contributed by atoms with E-state index in [1.54, 1.807) is 12.1 Å². The van der Waals surface area contributed by atoms with E-state index >= 15 is 0 Å². The molecular weight excluding hydrogens is 294 g/mol. The highest BCUT2D eigenvalue weighted by atomic mass is 32.1. The third kappa shape index (κ3) is 2.64. The highest BCUT2D eigenvalue weighted by Gasteiger charge is 2.43. The van der Waals surface area contributed by atoms with Crippen LogP contribution in [0.25, 0.3) is 11.3 Å². The molecule has 5 heteroatoms. The van der Waals surface area contributed by atoms with Crippen LogP contribution in [0.2, 0.25) is 0 Å². The predicted octanol–water partition coefficient (Wildman–Crippen LogP) is 3.51. The van der Waals surface area contributed by atoms with Gasteiger partial charge in [0.2, 0.25) is 0 Å². The summed E-state index contributed by atoms with van der Waals surface area (Å²) in [5.74, 6) is -0.351. The highest BCUT2D eigenvalue weighted by molar-refractivity contribution is 7.10. The number of rotatable bonds is 4. The van der Waals surface area contributed by atoms with E-state index in [0.29, 0.717) is 16.5 Å². The molecule has 3 atom stereocenters. The van der Waals surface area contributed by atoms with E-state index in [1.807, 2.05) is 24.4 Å². The molecular formula is C17H13N3OS. The number of nitrogens with zero attached hydrogens (tertiary/aromatic N) is 3. The Kier molecular flexibility index (Phi) is 3.75. The van der Waals surface area contributed by atoms with Crippen molar-refractivity contribution in [2.75, 3.05) is 0 Å². The third-order valence-electron chi connectivity index (χ3n) is 3.97. The Bertz CT molecular complexity index is 795. The van der Waals surface area contributed by atoms with E-state index in [0.717, 1.165) is 17.7 Å². The zero-order chi connectivity index (χ0) is 15.7. The second kappa shape index (κ2) is 5.71. The number of nitriles is 2. The molecule has 1 aromatic carbocycles. The van der Waals surface area contributed by atoms with Crippen molar-refractivity contribution in [2.45, 2.75) is 19.3 Å². The summed E-state index contributed by atoms with van der Waals surface area (Å²) in [6, 6.07) is 11.3. The Hall–Kier alpha value is -2.50. The molecule has 1 saturated carbocycles. The van der Waals surface area contributed by atoms with Crippen molar-refractivity contribution in [3.8, 4) is 23.4 Å². The van der Waals surface area contributed by atoms with Gasteiger partial charge in [0, 0.05) is 16.9 Å². The van der Waals surface area contributed by atoms with Crippen molar-refractivity contribution in [2.24, 2.45) is 11.8 Å². The first-order chi connectivity index (χ1) is 10.6. The fourth-order valence-electron chi connectivity index (χ4n) is 2.44. The van der Waals surface area contributed by atoms with Crippen LogP contribution in [0.4, 0.5) is 0 Å². The predicted molar refractivity (Wildman–Crippen MR) is 82.9 cm³/mol. The summed E-state index contributed by atoms with van der Waals surface area (Å²) in [7, 11) is 0. The summed E-state index contributed by atoms with van der Waals surface area (Å²) >= 11 is 1.34. The van der Waals surface area contributed by atoms with Crippen LogP contribution in [0, 0.1) is 34.5 Å². The van der Waals surface area contributed by atoms with Gasteiger partial charge in [0.1, 0.15) is 5.01 Å². The standard InChI is InChI=1S/C17H13N3OS/c1-10-6-13(10)16(21)14(8-19)17-20-15(9-22-17)12-4-2-11(7-18)3-5-12/h2-5,9-10,13-14H,6H2,1H3/t10-,13+,14+/m1/s1. The van der Waals surface area contributed by atoms with Crippen LogP contribution in [0.15, 0.2) is 29.6 Å². The maximum Gasteiger partial charge on any atom is 0.160 e. The average Bonchev–Trinajstić information content (AvgIpc) is 3.08. The van der Waals surface area contributed by atoms with Crippen LogP contribution in [0.5, 0.6) is 0 Å². The first-order valence-electron chi connectivity index (χ1n) is 7.03. The normalized spacial score (nSPS) is 20.7. The van der Waals surface area contributed by atoms with Gasteiger partial charge in [0.05, 0.1) is 23.4 Å². The number of thiazole rings is 1. The minimum atomic E-state index is -0.757. The molecule has 0 bridgehead atoms. The number of carbonyl (C=O) groups excluding carboxylic acids is 1. The number of aromatic nitrogens is 1. The van der Waals surface area contributed by atoms with Crippen LogP contribution in [-0.4, -0.2) is 10.8 Å². The number of hydrogen-bond acceptors (Lipinski definition) is 5. The molecule has 4 nitrogen and oxygen atoms in total. The molecule has 1 heterocycles. The molecule has 0 saturated heterocycles. The van der Waals surface area contributed by atoms with Crippen molar-refractivity contribution < 1.29 is 4.79 Å². The van der Waals surface area contributed by atoms with Crippen molar-refractivity contribution in [3.05, 3.63) is 40.2 Å². The van der Waals surface area contributed by atoms with Crippen molar-refractivity contribution >= 4 is 17.1 Å². The molecule has 0 amide bonds. The Labute approximate surface area is 132 Å².